The highest BCUT2D eigenvalue weighted by atomic mass is 35.5. The molecule has 8 heteroatoms. The van der Waals surface area contributed by atoms with Gasteiger partial charge in [0.05, 0.1) is 7.11 Å². The van der Waals surface area contributed by atoms with Crippen molar-refractivity contribution >= 4 is 23.3 Å². The van der Waals surface area contributed by atoms with Crippen LogP contribution in [-0.2, 0) is 6.54 Å². The number of hydrogen-bond donors (Lipinski definition) is 1. The van der Waals surface area contributed by atoms with E-state index in [9.17, 15) is 4.79 Å². The van der Waals surface area contributed by atoms with E-state index in [2.05, 4.69) is 32.3 Å². The standard InChI is InChI=1S/C19H24ClN5O2/c1-3-21-17-16(20)22-15(18(23-17)27-2)19(26)25-11-9-24(10-12-25)13-14-7-5-4-6-8-14/h4-8H,3,9-13H2,1-2H3,(H,21,23). The lowest BCUT2D eigenvalue weighted by Crippen LogP contribution is -2.48. The average molecular weight is 390 g/mol. The third-order valence-corrected chi connectivity index (χ3v) is 4.73. The highest BCUT2D eigenvalue weighted by Gasteiger charge is 2.27. The van der Waals surface area contributed by atoms with Crippen molar-refractivity contribution in [2.45, 2.75) is 13.5 Å². The Morgan fingerprint density at radius 3 is 2.52 bits per heavy atom. The van der Waals surface area contributed by atoms with Gasteiger partial charge in [-0.15, -0.1) is 0 Å². The monoisotopic (exact) mass is 389 g/mol. The number of carbonyl (C=O) groups excluding carboxylic acids is 1. The summed E-state index contributed by atoms with van der Waals surface area (Å²) in [7, 11) is 1.47. The van der Waals surface area contributed by atoms with Gasteiger partial charge in [-0.3, -0.25) is 9.69 Å². The molecule has 1 fully saturated rings. The molecular formula is C19H24ClN5O2. The third kappa shape index (κ3) is 4.67. The van der Waals surface area contributed by atoms with Gasteiger partial charge in [-0.2, -0.15) is 4.98 Å². The summed E-state index contributed by atoms with van der Waals surface area (Å²) < 4.78 is 5.27. The SMILES string of the molecule is CCNc1nc(OC)c(C(=O)N2CCN(Cc3ccccc3)CC2)nc1Cl. The van der Waals surface area contributed by atoms with Crippen LogP contribution in [0.4, 0.5) is 5.82 Å². The summed E-state index contributed by atoms with van der Waals surface area (Å²) in [6.07, 6.45) is 0. The molecule has 7 nitrogen and oxygen atoms in total. The van der Waals surface area contributed by atoms with E-state index in [1.807, 2.05) is 25.1 Å². The Labute approximate surface area is 164 Å². The number of carbonyl (C=O) groups is 1. The molecule has 2 aromatic rings. The molecule has 1 amide bonds. The summed E-state index contributed by atoms with van der Waals surface area (Å²) in [5.74, 6) is 0.399. The summed E-state index contributed by atoms with van der Waals surface area (Å²) in [4.78, 5) is 25.5. The topological polar surface area (TPSA) is 70.6 Å². The van der Waals surface area contributed by atoms with Crippen molar-refractivity contribution < 1.29 is 9.53 Å². The van der Waals surface area contributed by atoms with Crippen molar-refractivity contribution in [2.24, 2.45) is 0 Å². The molecule has 0 saturated carbocycles. The van der Waals surface area contributed by atoms with E-state index in [-0.39, 0.29) is 22.6 Å². The van der Waals surface area contributed by atoms with Crippen LogP contribution in [0.5, 0.6) is 5.88 Å². The number of nitrogens with zero attached hydrogens (tertiary/aromatic N) is 4. The number of methoxy groups -OCH3 is 1. The van der Waals surface area contributed by atoms with Gasteiger partial charge >= 0.3 is 0 Å². The normalized spacial score (nSPS) is 14.9. The zero-order valence-electron chi connectivity index (χ0n) is 15.6. The Bertz CT molecular complexity index is 779. The third-order valence-electron chi connectivity index (χ3n) is 4.47. The molecule has 3 rings (SSSR count). The van der Waals surface area contributed by atoms with E-state index in [1.54, 1.807) is 4.90 Å². The van der Waals surface area contributed by atoms with Crippen molar-refractivity contribution in [1.29, 1.82) is 0 Å². The Hall–Kier alpha value is -2.38. The molecule has 0 bridgehead atoms. The summed E-state index contributed by atoms with van der Waals surface area (Å²) in [5.41, 5.74) is 1.43. The molecule has 1 aromatic heterocycles. The molecule has 1 aliphatic heterocycles. The maximum absolute atomic E-state index is 12.9. The van der Waals surface area contributed by atoms with Crippen molar-refractivity contribution in [3.63, 3.8) is 0 Å². The first-order chi connectivity index (χ1) is 13.1. The minimum Gasteiger partial charge on any atom is -0.479 e. The van der Waals surface area contributed by atoms with Crippen LogP contribution in [0.25, 0.3) is 0 Å². The molecule has 0 spiro atoms. The number of halogens is 1. The van der Waals surface area contributed by atoms with Crippen LogP contribution in [-0.4, -0.2) is 65.5 Å². The molecule has 0 atom stereocenters. The quantitative estimate of drug-likeness (QED) is 0.818. The summed E-state index contributed by atoms with van der Waals surface area (Å²) in [6.45, 7) is 6.33. The van der Waals surface area contributed by atoms with E-state index in [0.717, 1.165) is 19.6 Å². The summed E-state index contributed by atoms with van der Waals surface area (Å²) in [5, 5.41) is 3.18. The van der Waals surface area contributed by atoms with Crippen molar-refractivity contribution in [2.75, 3.05) is 45.2 Å². The molecule has 1 saturated heterocycles. The van der Waals surface area contributed by atoms with Gasteiger partial charge in [0.25, 0.3) is 5.91 Å². The largest absolute Gasteiger partial charge is 0.479 e. The molecule has 1 aromatic carbocycles. The first-order valence-electron chi connectivity index (χ1n) is 9.03. The zero-order valence-corrected chi connectivity index (χ0v) is 16.4. The second-order valence-corrected chi connectivity index (χ2v) is 6.66. The van der Waals surface area contributed by atoms with Gasteiger partial charge in [-0.05, 0) is 12.5 Å². The van der Waals surface area contributed by atoms with Gasteiger partial charge in [0, 0.05) is 39.3 Å². The Morgan fingerprint density at radius 2 is 1.89 bits per heavy atom. The molecule has 2 heterocycles. The minimum absolute atomic E-state index is 0.153. The average Bonchev–Trinajstić information content (AvgIpc) is 2.70. The number of rotatable bonds is 6. The minimum atomic E-state index is -0.205. The van der Waals surface area contributed by atoms with Gasteiger partial charge < -0.3 is 15.0 Å². The fourth-order valence-corrected chi connectivity index (χ4v) is 3.26. The molecular weight excluding hydrogens is 366 g/mol. The van der Waals surface area contributed by atoms with Crippen LogP contribution in [0, 0.1) is 0 Å². The Balaban J connectivity index is 1.66. The fourth-order valence-electron chi connectivity index (χ4n) is 3.06. The highest BCUT2D eigenvalue weighted by molar-refractivity contribution is 6.31. The van der Waals surface area contributed by atoms with E-state index in [4.69, 9.17) is 16.3 Å². The summed E-state index contributed by atoms with van der Waals surface area (Å²) >= 11 is 6.16. The van der Waals surface area contributed by atoms with Crippen LogP contribution < -0.4 is 10.1 Å². The second kappa shape index (κ2) is 9.01. The Kier molecular flexibility index (Phi) is 6.47. The number of amides is 1. The van der Waals surface area contributed by atoms with E-state index < -0.39 is 0 Å². The molecule has 1 aliphatic rings. The maximum Gasteiger partial charge on any atom is 0.278 e. The predicted octanol–water partition coefficient (Wildman–Crippen LogP) is 2.53. The number of piperazine rings is 1. The lowest BCUT2D eigenvalue weighted by Gasteiger charge is -2.34. The molecule has 1 N–H and O–H groups in total. The fraction of sp³-hybridized carbons (Fsp3) is 0.421. The molecule has 144 valence electrons. The van der Waals surface area contributed by atoms with Gasteiger partial charge in [0.1, 0.15) is 0 Å². The van der Waals surface area contributed by atoms with Crippen LogP contribution in [0.1, 0.15) is 23.0 Å². The Morgan fingerprint density at radius 1 is 1.19 bits per heavy atom. The van der Waals surface area contributed by atoms with Crippen LogP contribution in [0.2, 0.25) is 5.15 Å². The number of benzene rings is 1. The lowest BCUT2D eigenvalue weighted by molar-refractivity contribution is 0.0618. The zero-order chi connectivity index (χ0) is 19.2. The van der Waals surface area contributed by atoms with E-state index in [0.29, 0.717) is 25.5 Å². The summed E-state index contributed by atoms with van der Waals surface area (Å²) in [6, 6.07) is 10.3. The van der Waals surface area contributed by atoms with E-state index in [1.165, 1.54) is 12.7 Å². The van der Waals surface area contributed by atoms with Crippen molar-refractivity contribution in [3.8, 4) is 5.88 Å². The van der Waals surface area contributed by atoms with Gasteiger partial charge in [0.15, 0.2) is 16.7 Å². The molecule has 27 heavy (non-hydrogen) atoms. The molecule has 0 unspecified atom stereocenters. The highest BCUT2D eigenvalue weighted by Crippen LogP contribution is 2.25. The van der Waals surface area contributed by atoms with Crippen LogP contribution in [0.15, 0.2) is 30.3 Å². The maximum atomic E-state index is 12.9. The van der Waals surface area contributed by atoms with Gasteiger partial charge in [0.2, 0.25) is 5.88 Å². The molecule has 0 aliphatic carbocycles. The molecule has 0 radical (unpaired) electrons. The van der Waals surface area contributed by atoms with Crippen LogP contribution >= 0.6 is 11.6 Å². The smallest absolute Gasteiger partial charge is 0.278 e. The van der Waals surface area contributed by atoms with Crippen molar-refractivity contribution in [1.82, 2.24) is 19.8 Å². The van der Waals surface area contributed by atoms with E-state index >= 15 is 0 Å². The number of hydrogen-bond acceptors (Lipinski definition) is 6. The number of anilines is 1. The van der Waals surface area contributed by atoms with Gasteiger partial charge in [-0.1, -0.05) is 41.9 Å². The predicted molar refractivity (Wildman–Crippen MR) is 105 cm³/mol. The number of aromatic nitrogens is 2. The second-order valence-electron chi connectivity index (χ2n) is 6.31. The first kappa shape index (κ1) is 19.4. The number of ether oxygens (including phenoxy) is 1. The first-order valence-corrected chi connectivity index (χ1v) is 9.41. The van der Waals surface area contributed by atoms with Crippen molar-refractivity contribution in [3.05, 3.63) is 46.7 Å². The van der Waals surface area contributed by atoms with Gasteiger partial charge in [-0.25, -0.2) is 4.98 Å². The lowest BCUT2D eigenvalue weighted by atomic mass is 10.2. The number of nitrogens with one attached hydrogen (secondary N) is 1. The van der Waals surface area contributed by atoms with Crippen LogP contribution in [0.3, 0.4) is 0 Å².